The van der Waals surface area contributed by atoms with Gasteiger partial charge in [-0.1, -0.05) is 23.5 Å². The van der Waals surface area contributed by atoms with Crippen molar-refractivity contribution in [1.29, 1.82) is 0 Å². The van der Waals surface area contributed by atoms with Gasteiger partial charge in [-0.2, -0.15) is 0 Å². The fourth-order valence-corrected chi connectivity index (χ4v) is 4.60. The molecule has 0 radical (unpaired) electrons. The van der Waals surface area contributed by atoms with E-state index >= 15 is 0 Å². The highest BCUT2D eigenvalue weighted by Gasteiger charge is 2.48. The summed E-state index contributed by atoms with van der Waals surface area (Å²) in [5, 5.41) is 31.2. The van der Waals surface area contributed by atoms with Crippen LogP contribution < -0.4 is 14.4 Å². The zero-order valence-electron chi connectivity index (χ0n) is 17.6. The van der Waals surface area contributed by atoms with Gasteiger partial charge in [0.15, 0.2) is 11.5 Å². The van der Waals surface area contributed by atoms with Crippen LogP contribution in [0.2, 0.25) is 0 Å². The summed E-state index contributed by atoms with van der Waals surface area (Å²) in [4.78, 5) is 38.2. The van der Waals surface area contributed by atoms with Crippen LogP contribution in [0.5, 0.6) is 11.5 Å². The predicted molar refractivity (Wildman–Crippen MR) is 120 cm³/mol. The van der Waals surface area contributed by atoms with Gasteiger partial charge in [0.25, 0.3) is 11.5 Å². The number of nitro benzene ring substituents is 1. The standard InChI is InChI=1S/C22H16N4O7S/c1-11-23-24-22(34-11)25-18(12-3-2-4-14(9-12)26(30)31)17(20(28)21(25)29)19(27)13-5-6-15-16(10-13)33-8-7-32-15/h2-6,9-10,18,27H,7-8H2,1H3/b19-17+/t18-/m0/s1. The second-order valence-electron chi connectivity index (χ2n) is 7.48. The van der Waals surface area contributed by atoms with Crippen molar-refractivity contribution in [1.82, 2.24) is 10.2 Å². The lowest BCUT2D eigenvalue weighted by Crippen LogP contribution is -2.29. The molecule has 1 aromatic heterocycles. The first-order valence-electron chi connectivity index (χ1n) is 10.1. The van der Waals surface area contributed by atoms with Crippen LogP contribution in [-0.2, 0) is 9.59 Å². The molecule has 0 bridgehead atoms. The number of fused-ring (bicyclic) bond motifs is 1. The molecule has 172 valence electrons. The van der Waals surface area contributed by atoms with Crippen molar-refractivity contribution in [3.05, 3.63) is 74.3 Å². The van der Waals surface area contributed by atoms with E-state index in [0.717, 1.165) is 16.2 Å². The van der Waals surface area contributed by atoms with Crippen molar-refractivity contribution in [2.75, 3.05) is 18.1 Å². The maximum atomic E-state index is 13.2. The van der Waals surface area contributed by atoms with Crippen LogP contribution in [0.3, 0.4) is 0 Å². The van der Waals surface area contributed by atoms with Crippen molar-refractivity contribution in [2.45, 2.75) is 13.0 Å². The minimum Gasteiger partial charge on any atom is -0.507 e. The first-order valence-corrected chi connectivity index (χ1v) is 10.9. The molecular formula is C22H16N4O7S. The Balaban J connectivity index is 1.71. The molecule has 0 aliphatic carbocycles. The molecule has 2 aromatic carbocycles. The first-order chi connectivity index (χ1) is 16.3. The number of ketones is 1. The Bertz CT molecular complexity index is 1380. The number of carbonyl (C=O) groups is 2. The van der Waals surface area contributed by atoms with Crippen LogP contribution >= 0.6 is 11.3 Å². The van der Waals surface area contributed by atoms with Gasteiger partial charge >= 0.3 is 5.91 Å². The van der Waals surface area contributed by atoms with Gasteiger partial charge in [-0.15, -0.1) is 10.2 Å². The lowest BCUT2D eigenvalue weighted by atomic mass is 9.95. The summed E-state index contributed by atoms with van der Waals surface area (Å²) in [7, 11) is 0. The number of Topliss-reactive ketones (excluding diaryl/α,β-unsaturated/α-hetero) is 1. The molecule has 34 heavy (non-hydrogen) atoms. The van der Waals surface area contributed by atoms with Crippen LogP contribution in [0.1, 0.15) is 22.2 Å². The van der Waals surface area contributed by atoms with Crippen molar-refractivity contribution >= 4 is 39.6 Å². The molecule has 1 saturated heterocycles. The van der Waals surface area contributed by atoms with Crippen LogP contribution in [0, 0.1) is 17.0 Å². The van der Waals surface area contributed by atoms with Crippen molar-refractivity contribution in [3.63, 3.8) is 0 Å². The largest absolute Gasteiger partial charge is 0.507 e. The van der Waals surface area contributed by atoms with E-state index in [1.54, 1.807) is 19.1 Å². The predicted octanol–water partition coefficient (Wildman–Crippen LogP) is 3.15. The summed E-state index contributed by atoms with van der Waals surface area (Å²) in [5.41, 5.74) is 0.0392. The molecule has 11 nitrogen and oxygen atoms in total. The molecule has 1 N–H and O–H groups in total. The Morgan fingerprint density at radius 1 is 1.15 bits per heavy atom. The van der Waals surface area contributed by atoms with E-state index in [1.165, 1.54) is 30.3 Å². The van der Waals surface area contributed by atoms with E-state index in [4.69, 9.17) is 9.47 Å². The van der Waals surface area contributed by atoms with Gasteiger partial charge < -0.3 is 14.6 Å². The third-order valence-electron chi connectivity index (χ3n) is 5.38. The number of anilines is 1. The molecule has 12 heteroatoms. The van der Waals surface area contributed by atoms with Crippen molar-refractivity contribution < 1.29 is 29.1 Å². The average molecular weight is 480 g/mol. The summed E-state index contributed by atoms with van der Waals surface area (Å²) >= 11 is 1.08. The molecule has 1 amide bonds. The van der Waals surface area contributed by atoms with Gasteiger partial charge in [0, 0.05) is 17.7 Å². The number of rotatable bonds is 4. The number of aliphatic hydroxyl groups excluding tert-OH is 1. The molecule has 0 unspecified atom stereocenters. The maximum Gasteiger partial charge on any atom is 0.301 e. The zero-order chi connectivity index (χ0) is 24.0. The summed E-state index contributed by atoms with van der Waals surface area (Å²) in [6, 6.07) is 9.04. The van der Waals surface area contributed by atoms with Gasteiger partial charge in [0.05, 0.1) is 16.5 Å². The summed E-state index contributed by atoms with van der Waals surface area (Å²) in [6.07, 6.45) is 0. The Hall–Kier alpha value is -4.32. The molecule has 5 rings (SSSR count). The average Bonchev–Trinajstić information content (AvgIpc) is 3.38. The van der Waals surface area contributed by atoms with Crippen LogP contribution in [0.15, 0.2) is 48.0 Å². The molecule has 0 saturated carbocycles. The fraction of sp³-hybridized carbons (Fsp3) is 0.182. The number of ether oxygens (including phenoxy) is 2. The number of amides is 1. The van der Waals surface area contributed by atoms with Gasteiger partial charge in [-0.05, 0) is 30.7 Å². The minimum absolute atomic E-state index is 0.136. The van der Waals surface area contributed by atoms with Crippen LogP contribution in [-0.4, -0.2) is 45.1 Å². The molecule has 2 aliphatic heterocycles. The highest BCUT2D eigenvalue weighted by molar-refractivity contribution is 7.15. The van der Waals surface area contributed by atoms with Gasteiger partial charge in [0.2, 0.25) is 5.13 Å². The minimum atomic E-state index is -1.15. The number of non-ortho nitro benzene ring substituents is 1. The van der Waals surface area contributed by atoms with Gasteiger partial charge in [-0.3, -0.25) is 24.6 Å². The third-order valence-corrected chi connectivity index (χ3v) is 6.22. The van der Waals surface area contributed by atoms with E-state index < -0.39 is 28.4 Å². The van der Waals surface area contributed by atoms with Crippen molar-refractivity contribution in [2.24, 2.45) is 0 Å². The number of hydrogen-bond acceptors (Lipinski definition) is 10. The third kappa shape index (κ3) is 3.53. The van der Waals surface area contributed by atoms with Gasteiger partial charge in [0.1, 0.15) is 24.0 Å². The first kappa shape index (κ1) is 21.5. The molecular weight excluding hydrogens is 464 g/mol. The smallest absolute Gasteiger partial charge is 0.301 e. The number of carbonyl (C=O) groups excluding carboxylic acids is 2. The molecule has 2 aliphatic rings. The molecule has 3 heterocycles. The van der Waals surface area contributed by atoms with E-state index in [2.05, 4.69) is 10.2 Å². The maximum absolute atomic E-state index is 13.2. The number of hydrogen-bond donors (Lipinski definition) is 1. The quantitative estimate of drug-likeness (QED) is 0.196. The highest BCUT2D eigenvalue weighted by atomic mass is 32.1. The van der Waals surface area contributed by atoms with Crippen LogP contribution in [0.25, 0.3) is 5.76 Å². The van der Waals surface area contributed by atoms with E-state index in [0.29, 0.717) is 29.7 Å². The summed E-state index contributed by atoms with van der Waals surface area (Å²) < 4.78 is 11.1. The Labute approximate surface area is 196 Å². The Morgan fingerprint density at radius 3 is 2.62 bits per heavy atom. The van der Waals surface area contributed by atoms with E-state index in [-0.39, 0.29) is 27.5 Å². The second kappa shape index (κ2) is 8.23. The number of nitrogens with zero attached hydrogens (tertiary/aromatic N) is 4. The lowest BCUT2D eigenvalue weighted by Gasteiger charge is -2.23. The molecule has 1 atom stereocenters. The summed E-state index contributed by atoms with van der Waals surface area (Å²) in [6.45, 7) is 2.40. The lowest BCUT2D eigenvalue weighted by molar-refractivity contribution is -0.384. The normalized spacial score (nSPS) is 18.9. The van der Waals surface area contributed by atoms with E-state index in [9.17, 15) is 24.8 Å². The summed E-state index contributed by atoms with van der Waals surface area (Å²) in [5.74, 6) is -1.45. The number of aliphatic hydroxyl groups is 1. The number of aromatic nitrogens is 2. The number of nitro groups is 1. The van der Waals surface area contributed by atoms with Crippen molar-refractivity contribution in [3.8, 4) is 11.5 Å². The number of aryl methyl sites for hydroxylation is 1. The molecule has 1 fully saturated rings. The Morgan fingerprint density at radius 2 is 1.91 bits per heavy atom. The van der Waals surface area contributed by atoms with Gasteiger partial charge in [-0.25, -0.2) is 0 Å². The van der Waals surface area contributed by atoms with E-state index in [1.807, 2.05) is 0 Å². The zero-order valence-corrected chi connectivity index (χ0v) is 18.4. The SMILES string of the molecule is Cc1nnc(N2C(=O)C(=O)/C(=C(/O)c3ccc4c(c3)OCCO4)[C@@H]2c2cccc([N+](=O)[O-])c2)s1. The highest BCUT2D eigenvalue weighted by Crippen LogP contribution is 2.44. The van der Waals surface area contributed by atoms with Crippen LogP contribution in [0.4, 0.5) is 10.8 Å². The molecule has 0 spiro atoms. The topological polar surface area (TPSA) is 145 Å². The number of benzene rings is 2. The second-order valence-corrected chi connectivity index (χ2v) is 8.64. The molecule has 3 aromatic rings. The fourth-order valence-electron chi connectivity index (χ4n) is 3.88. The monoisotopic (exact) mass is 480 g/mol. The Kier molecular flexibility index (Phi) is 5.21.